The zero-order valence-corrected chi connectivity index (χ0v) is 14.4. The van der Waals surface area contributed by atoms with E-state index < -0.39 is 0 Å². The highest BCUT2D eigenvalue weighted by Crippen LogP contribution is 2.31. The van der Waals surface area contributed by atoms with Crippen LogP contribution in [-0.4, -0.2) is 32.5 Å². The highest BCUT2D eigenvalue weighted by Gasteiger charge is 2.31. The highest BCUT2D eigenvalue weighted by atomic mass is 16.5. The Morgan fingerprint density at radius 3 is 2.77 bits per heavy atom. The first-order valence-electron chi connectivity index (χ1n) is 8.93. The van der Waals surface area contributed by atoms with Gasteiger partial charge < -0.3 is 9.42 Å². The lowest BCUT2D eigenvalue weighted by Crippen LogP contribution is -2.35. The van der Waals surface area contributed by atoms with E-state index in [2.05, 4.69) is 15.1 Å². The number of nitrogens with zero attached hydrogens (tertiary/aromatic N) is 4. The number of hydrogen-bond donors (Lipinski definition) is 0. The summed E-state index contributed by atoms with van der Waals surface area (Å²) >= 11 is 0. The van der Waals surface area contributed by atoms with Gasteiger partial charge in [0.15, 0.2) is 0 Å². The molecule has 1 atom stereocenters. The second-order valence-corrected chi connectivity index (χ2v) is 6.43. The molecule has 3 aromatic rings. The number of hydrogen-bond acceptors (Lipinski definition) is 5. The van der Waals surface area contributed by atoms with E-state index in [-0.39, 0.29) is 11.9 Å². The Bertz CT molecular complexity index is 864. The van der Waals surface area contributed by atoms with Crippen LogP contribution in [0.1, 0.15) is 48.0 Å². The Morgan fingerprint density at radius 2 is 1.96 bits per heavy atom. The summed E-state index contributed by atoms with van der Waals surface area (Å²) in [5.41, 5.74) is 1.49. The minimum atomic E-state index is -0.192. The monoisotopic (exact) mass is 348 g/mol. The largest absolute Gasteiger partial charge is 0.337 e. The van der Waals surface area contributed by atoms with Crippen LogP contribution in [-0.2, 0) is 0 Å². The molecule has 6 heteroatoms. The fraction of sp³-hybridized carbons (Fsp3) is 0.300. The van der Waals surface area contributed by atoms with Crippen LogP contribution in [0, 0.1) is 0 Å². The topological polar surface area (TPSA) is 72.1 Å². The van der Waals surface area contributed by atoms with Crippen LogP contribution in [0.5, 0.6) is 0 Å². The molecule has 2 aromatic heterocycles. The van der Waals surface area contributed by atoms with Crippen LogP contribution in [0.3, 0.4) is 0 Å². The maximum Gasteiger partial charge on any atom is 0.254 e. The van der Waals surface area contributed by atoms with Gasteiger partial charge in [0.05, 0.1) is 0 Å². The summed E-state index contributed by atoms with van der Waals surface area (Å²) < 4.78 is 5.55. The second kappa shape index (κ2) is 7.47. The summed E-state index contributed by atoms with van der Waals surface area (Å²) in [7, 11) is 0. The van der Waals surface area contributed by atoms with Gasteiger partial charge in [-0.25, -0.2) is 0 Å². The van der Waals surface area contributed by atoms with Crippen LogP contribution in [0.25, 0.3) is 11.4 Å². The SMILES string of the molecule is O=C(c1ccccc1)N1CCCCCC1c1nc(-c2cccnc2)no1. The highest BCUT2D eigenvalue weighted by molar-refractivity contribution is 5.94. The molecular formula is C20H20N4O2. The number of pyridine rings is 1. The molecule has 1 amide bonds. The average Bonchev–Trinajstić information content (AvgIpc) is 3.07. The number of rotatable bonds is 3. The minimum absolute atomic E-state index is 0.0126. The molecule has 1 fully saturated rings. The summed E-state index contributed by atoms with van der Waals surface area (Å²) in [6.45, 7) is 0.697. The van der Waals surface area contributed by atoms with Gasteiger partial charge in [-0.2, -0.15) is 4.98 Å². The van der Waals surface area contributed by atoms with Crippen molar-refractivity contribution in [1.82, 2.24) is 20.0 Å². The molecule has 1 aliphatic rings. The summed E-state index contributed by atoms with van der Waals surface area (Å²) in [5, 5.41) is 4.09. The van der Waals surface area contributed by atoms with Crippen LogP contribution in [0.4, 0.5) is 0 Å². The number of aromatic nitrogens is 3. The molecule has 0 N–H and O–H groups in total. The molecule has 1 aliphatic heterocycles. The maximum atomic E-state index is 13.0. The first-order chi connectivity index (χ1) is 12.8. The predicted octanol–water partition coefficient (Wildman–Crippen LogP) is 3.89. The molecule has 0 radical (unpaired) electrons. The van der Waals surface area contributed by atoms with Crippen molar-refractivity contribution in [2.45, 2.75) is 31.7 Å². The molecule has 1 unspecified atom stereocenters. The third-order valence-corrected chi connectivity index (χ3v) is 4.68. The van der Waals surface area contributed by atoms with Gasteiger partial charge >= 0.3 is 0 Å². The molecule has 0 saturated carbocycles. The van der Waals surface area contributed by atoms with Crippen molar-refractivity contribution in [2.75, 3.05) is 6.54 Å². The van der Waals surface area contributed by atoms with Crippen molar-refractivity contribution in [3.05, 3.63) is 66.3 Å². The van der Waals surface area contributed by atoms with E-state index in [1.165, 1.54) is 0 Å². The molecule has 0 spiro atoms. The first-order valence-corrected chi connectivity index (χ1v) is 8.93. The average molecular weight is 348 g/mol. The van der Waals surface area contributed by atoms with Crippen LogP contribution >= 0.6 is 0 Å². The Balaban J connectivity index is 1.64. The lowest BCUT2D eigenvalue weighted by molar-refractivity contribution is 0.0644. The Kier molecular flexibility index (Phi) is 4.73. The van der Waals surface area contributed by atoms with Gasteiger partial charge in [0.1, 0.15) is 6.04 Å². The number of amides is 1. The molecule has 6 nitrogen and oxygen atoms in total. The standard InChI is InChI=1S/C20H20N4O2/c25-20(15-8-3-1-4-9-15)24-13-6-2-5-11-17(24)19-22-18(23-26-19)16-10-7-12-21-14-16/h1,3-4,7-10,12,14,17H,2,5-6,11,13H2. The summed E-state index contributed by atoms with van der Waals surface area (Å²) in [5.74, 6) is 1.01. The van der Waals surface area contributed by atoms with Crippen molar-refractivity contribution < 1.29 is 9.32 Å². The number of carbonyl (C=O) groups is 1. The van der Waals surface area contributed by atoms with E-state index in [1.54, 1.807) is 12.4 Å². The predicted molar refractivity (Wildman–Crippen MR) is 96.2 cm³/mol. The van der Waals surface area contributed by atoms with Gasteiger partial charge in [0, 0.05) is 30.1 Å². The third kappa shape index (κ3) is 3.35. The number of benzene rings is 1. The van der Waals surface area contributed by atoms with Gasteiger partial charge in [0.2, 0.25) is 11.7 Å². The fourth-order valence-electron chi connectivity index (χ4n) is 3.34. The zero-order valence-electron chi connectivity index (χ0n) is 14.4. The molecule has 0 aliphatic carbocycles. The smallest absolute Gasteiger partial charge is 0.254 e. The van der Waals surface area contributed by atoms with E-state index in [0.29, 0.717) is 23.8 Å². The first kappa shape index (κ1) is 16.4. The molecule has 1 saturated heterocycles. The quantitative estimate of drug-likeness (QED) is 0.718. The summed E-state index contributed by atoms with van der Waals surface area (Å²) in [6, 6.07) is 12.9. The van der Waals surface area contributed by atoms with Crippen LogP contribution in [0.15, 0.2) is 59.4 Å². The Morgan fingerprint density at radius 1 is 1.08 bits per heavy atom. The van der Waals surface area contributed by atoms with Gasteiger partial charge in [-0.3, -0.25) is 9.78 Å². The van der Waals surface area contributed by atoms with E-state index in [4.69, 9.17) is 4.52 Å². The van der Waals surface area contributed by atoms with E-state index in [0.717, 1.165) is 31.2 Å². The van der Waals surface area contributed by atoms with E-state index >= 15 is 0 Å². The van der Waals surface area contributed by atoms with Crippen molar-refractivity contribution in [3.63, 3.8) is 0 Å². The lowest BCUT2D eigenvalue weighted by Gasteiger charge is -2.27. The fourth-order valence-corrected chi connectivity index (χ4v) is 3.34. The van der Waals surface area contributed by atoms with Gasteiger partial charge in [-0.05, 0) is 37.1 Å². The maximum absolute atomic E-state index is 13.0. The Hall–Kier alpha value is -3.02. The second-order valence-electron chi connectivity index (χ2n) is 6.43. The zero-order chi connectivity index (χ0) is 17.8. The van der Waals surface area contributed by atoms with E-state index in [9.17, 15) is 4.79 Å². The van der Waals surface area contributed by atoms with E-state index in [1.807, 2.05) is 47.4 Å². The molecule has 26 heavy (non-hydrogen) atoms. The normalized spacial score (nSPS) is 17.7. The minimum Gasteiger partial charge on any atom is -0.337 e. The summed E-state index contributed by atoms with van der Waals surface area (Å²) in [4.78, 5) is 23.6. The van der Waals surface area contributed by atoms with Gasteiger partial charge in [-0.15, -0.1) is 0 Å². The van der Waals surface area contributed by atoms with Gasteiger partial charge in [0.25, 0.3) is 5.91 Å². The van der Waals surface area contributed by atoms with Crippen molar-refractivity contribution >= 4 is 5.91 Å². The molecular weight excluding hydrogens is 328 g/mol. The third-order valence-electron chi connectivity index (χ3n) is 4.68. The van der Waals surface area contributed by atoms with Crippen LogP contribution < -0.4 is 0 Å². The van der Waals surface area contributed by atoms with Crippen LogP contribution in [0.2, 0.25) is 0 Å². The Labute approximate surface area is 151 Å². The van der Waals surface area contributed by atoms with Crippen molar-refractivity contribution in [2.24, 2.45) is 0 Å². The molecule has 3 heterocycles. The molecule has 1 aromatic carbocycles. The van der Waals surface area contributed by atoms with Gasteiger partial charge in [-0.1, -0.05) is 36.2 Å². The molecule has 132 valence electrons. The van der Waals surface area contributed by atoms with Crippen molar-refractivity contribution in [3.8, 4) is 11.4 Å². The number of likely N-dealkylation sites (tertiary alicyclic amines) is 1. The molecule has 0 bridgehead atoms. The summed E-state index contributed by atoms with van der Waals surface area (Å²) in [6.07, 6.45) is 7.35. The molecule has 4 rings (SSSR count). The number of carbonyl (C=O) groups excluding carboxylic acids is 1. The van der Waals surface area contributed by atoms with Crippen molar-refractivity contribution in [1.29, 1.82) is 0 Å². The lowest BCUT2D eigenvalue weighted by atomic mass is 10.1.